The third-order valence-electron chi connectivity index (χ3n) is 9.15. The summed E-state index contributed by atoms with van der Waals surface area (Å²) >= 11 is 6.00. The predicted octanol–water partition coefficient (Wildman–Crippen LogP) is 3.78. The standard InChI is InChI=1S/C33H45ClFN5O6/c1-5-9-23(27(42)29(36)43)37-30(44)25-17-33(16-24(39-46-33)20-12-13-22(35)21(34)15-20)18-40(25)31(45)28(32(2,3)4)38-26(41)14-19-10-7-6-8-11-19/h12-13,15,19,23,25,28H,5-11,14,16-18H2,1-4H3,(H2,36,43)(H,37,44)(H,38,41)/t23-,25-,28+,33+/m0/s1. The third-order valence-corrected chi connectivity index (χ3v) is 9.44. The number of primary amides is 1. The van der Waals surface area contributed by atoms with Gasteiger partial charge in [-0.25, -0.2) is 4.39 Å². The molecule has 0 aromatic heterocycles. The Morgan fingerprint density at radius 1 is 1.15 bits per heavy atom. The zero-order chi connectivity index (χ0) is 33.8. The Bertz CT molecular complexity index is 1390. The lowest BCUT2D eigenvalue weighted by Crippen LogP contribution is -2.59. The second-order valence-electron chi connectivity index (χ2n) is 14.0. The maximum Gasteiger partial charge on any atom is 0.287 e. The fourth-order valence-corrected chi connectivity index (χ4v) is 6.83. The molecule has 4 atom stereocenters. The Hall–Kier alpha value is -3.54. The molecule has 0 bridgehead atoms. The van der Waals surface area contributed by atoms with Gasteiger partial charge in [0.25, 0.3) is 5.91 Å². The van der Waals surface area contributed by atoms with Crippen molar-refractivity contribution in [2.45, 2.75) is 116 Å². The summed E-state index contributed by atoms with van der Waals surface area (Å²) in [6.45, 7) is 7.27. The van der Waals surface area contributed by atoms with Crippen LogP contribution in [0.25, 0.3) is 0 Å². The van der Waals surface area contributed by atoms with Crippen molar-refractivity contribution in [3.05, 3.63) is 34.6 Å². The number of halogens is 2. The van der Waals surface area contributed by atoms with E-state index >= 15 is 0 Å². The number of amides is 4. The van der Waals surface area contributed by atoms with E-state index in [1.807, 2.05) is 20.8 Å². The largest absolute Gasteiger partial charge is 0.387 e. The van der Waals surface area contributed by atoms with Gasteiger partial charge in [-0.15, -0.1) is 0 Å². The molecule has 4 amide bonds. The molecule has 3 aliphatic rings. The van der Waals surface area contributed by atoms with E-state index in [-0.39, 0.29) is 42.7 Å². The maximum absolute atomic E-state index is 14.4. The lowest BCUT2D eigenvalue weighted by molar-refractivity contribution is -0.145. The second kappa shape index (κ2) is 14.5. The molecule has 2 aliphatic heterocycles. The van der Waals surface area contributed by atoms with Crippen molar-refractivity contribution >= 4 is 46.7 Å². The second-order valence-corrected chi connectivity index (χ2v) is 14.4. The number of nitrogens with zero attached hydrogens (tertiary/aromatic N) is 2. The number of hydrogen-bond acceptors (Lipinski definition) is 7. The van der Waals surface area contributed by atoms with Crippen LogP contribution in [0.15, 0.2) is 23.4 Å². The first-order chi connectivity index (χ1) is 21.6. The van der Waals surface area contributed by atoms with Crippen molar-refractivity contribution in [2.75, 3.05) is 6.54 Å². The number of carbonyl (C=O) groups is 5. The van der Waals surface area contributed by atoms with Gasteiger partial charge in [-0.1, -0.05) is 76.2 Å². The number of ketones is 1. The van der Waals surface area contributed by atoms with Gasteiger partial charge in [-0.2, -0.15) is 0 Å². The van der Waals surface area contributed by atoms with E-state index in [1.165, 1.54) is 23.1 Å². The highest BCUT2D eigenvalue weighted by atomic mass is 35.5. The topological polar surface area (TPSA) is 160 Å². The van der Waals surface area contributed by atoms with Crippen molar-refractivity contribution < 1.29 is 33.2 Å². The van der Waals surface area contributed by atoms with E-state index in [4.69, 9.17) is 22.2 Å². The normalized spacial score (nSPS) is 23.0. The molecule has 4 rings (SSSR count). The summed E-state index contributed by atoms with van der Waals surface area (Å²) in [5, 5.41) is 9.75. The Balaban J connectivity index is 1.61. The van der Waals surface area contributed by atoms with E-state index in [2.05, 4.69) is 15.8 Å². The highest BCUT2D eigenvalue weighted by Gasteiger charge is 2.55. The molecule has 46 heavy (non-hydrogen) atoms. The number of rotatable bonds is 11. The van der Waals surface area contributed by atoms with E-state index in [0.29, 0.717) is 24.1 Å². The zero-order valence-corrected chi connectivity index (χ0v) is 27.8. The molecule has 4 N–H and O–H groups in total. The van der Waals surface area contributed by atoms with Crippen molar-refractivity contribution in [2.24, 2.45) is 22.2 Å². The smallest absolute Gasteiger partial charge is 0.287 e. The van der Waals surface area contributed by atoms with Crippen LogP contribution in [0.1, 0.15) is 97.5 Å². The number of Topliss-reactive ketones (excluding diaryl/α,β-unsaturated/α-hetero) is 1. The van der Waals surface area contributed by atoms with Crippen molar-refractivity contribution in [1.82, 2.24) is 15.5 Å². The first-order valence-corrected chi connectivity index (χ1v) is 16.5. The first-order valence-electron chi connectivity index (χ1n) is 16.1. The monoisotopic (exact) mass is 661 g/mol. The zero-order valence-electron chi connectivity index (χ0n) is 27.0. The fourth-order valence-electron chi connectivity index (χ4n) is 6.64. The summed E-state index contributed by atoms with van der Waals surface area (Å²) in [5.41, 5.74) is 4.42. The van der Waals surface area contributed by atoms with Crippen LogP contribution in [-0.2, 0) is 28.8 Å². The maximum atomic E-state index is 14.4. The molecule has 1 saturated heterocycles. The van der Waals surface area contributed by atoms with E-state index in [9.17, 15) is 28.4 Å². The Morgan fingerprint density at radius 3 is 2.46 bits per heavy atom. The van der Waals surface area contributed by atoms with Gasteiger partial charge < -0.3 is 26.1 Å². The van der Waals surface area contributed by atoms with Crippen molar-refractivity contribution in [1.29, 1.82) is 0 Å². The summed E-state index contributed by atoms with van der Waals surface area (Å²) in [6, 6.07) is 0.938. The number of carbonyl (C=O) groups excluding carboxylic acids is 5. The fraction of sp³-hybridized carbons (Fsp3) is 0.636. The summed E-state index contributed by atoms with van der Waals surface area (Å²) in [5.74, 6) is -3.77. The molecule has 13 heteroatoms. The molecule has 2 heterocycles. The molecule has 2 fully saturated rings. The van der Waals surface area contributed by atoms with Crippen LogP contribution in [0.4, 0.5) is 4.39 Å². The first kappa shape index (κ1) is 35.3. The molecule has 0 radical (unpaired) electrons. The Labute approximate surface area is 274 Å². The average Bonchev–Trinajstić information content (AvgIpc) is 3.59. The summed E-state index contributed by atoms with van der Waals surface area (Å²) in [7, 11) is 0. The van der Waals surface area contributed by atoms with Crippen LogP contribution in [0.3, 0.4) is 0 Å². The van der Waals surface area contributed by atoms with Crippen LogP contribution in [0.2, 0.25) is 5.02 Å². The number of benzene rings is 1. The molecule has 1 aliphatic carbocycles. The Morgan fingerprint density at radius 2 is 1.85 bits per heavy atom. The Kier molecular flexibility index (Phi) is 11.1. The quantitative estimate of drug-likeness (QED) is 0.306. The molecular weight excluding hydrogens is 617 g/mol. The van der Waals surface area contributed by atoms with E-state index < -0.39 is 58.5 Å². The molecule has 1 spiro atoms. The average molecular weight is 662 g/mol. The molecular formula is C33H45ClFN5O6. The van der Waals surface area contributed by atoms with Gasteiger partial charge in [0.2, 0.25) is 23.5 Å². The van der Waals surface area contributed by atoms with Crippen molar-refractivity contribution in [3.8, 4) is 0 Å². The number of nitrogens with two attached hydrogens (primary N) is 1. The molecule has 252 valence electrons. The number of oxime groups is 1. The van der Waals surface area contributed by atoms with Crippen LogP contribution in [0, 0.1) is 17.2 Å². The molecule has 0 unspecified atom stereocenters. The summed E-state index contributed by atoms with van der Waals surface area (Å²) in [4.78, 5) is 73.0. The minimum Gasteiger partial charge on any atom is -0.387 e. The number of nitrogens with one attached hydrogen (secondary N) is 2. The molecule has 1 saturated carbocycles. The summed E-state index contributed by atoms with van der Waals surface area (Å²) < 4.78 is 13.8. The molecule has 1 aromatic rings. The van der Waals surface area contributed by atoms with Gasteiger partial charge in [-0.3, -0.25) is 24.0 Å². The molecule has 11 nitrogen and oxygen atoms in total. The van der Waals surface area contributed by atoms with Crippen LogP contribution >= 0.6 is 11.6 Å². The van der Waals surface area contributed by atoms with Gasteiger partial charge in [0.1, 0.15) is 17.9 Å². The lowest BCUT2D eigenvalue weighted by atomic mass is 9.84. The molecule has 1 aromatic carbocycles. The SMILES string of the molecule is CCC[C@H](NC(=O)[C@@H]1C[C@]2(CC(c3ccc(F)c(Cl)c3)=NO2)CN1C(=O)[C@@H](NC(=O)CC1CCCCC1)C(C)(C)C)C(=O)C(N)=O. The summed E-state index contributed by atoms with van der Waals surface area (Å²) in [6.07, 6.45) is 6.46. The van der Waals surface area contributed by atoms with E-state index in [1.54, 1.807) is 6.92 Å². The number of likely N-dealkylation sites (tertiary alicyclic amines) is 1. The van der Waals surface area contributed by atoms with Gasteiger partial charge in [0, 0.05) is 24.8 Å². The van der Waals surface area contributed by atoms with Crippen LogP contribution in [-0.4, -0.2) is 70.3 Å². The van der Waals surface area contributed by atoms with Gasteiger partial charge in [-0.05, 0) is 42.7 Å². The van der Waals surface area contributed by atoms with Gasteiger partial charge in [0.15, 0.2) is 5.60 Å². The van der Waals surface area contributed by atoms with Crippen LogP contribution < -0.4 is 16.4 Å². The van der Waals surface area contributed by atoms with Crippen LogP contribution in [0.5, 0.6) is 0 Å². The highest BCUT2D eigenvalue weighted by molar-refractivity contribution is 6.37. The minimum atomic E-state index is -1.17. The van der Waals surface area contributed by atoms with Gasteiger partial charge >= 0.3 is 0 Å². The van der Waals surface area contributed by atoms with E-state index in [0.717, 1.165) is 32.1 Å². The third kappa shape index (κ3) is 8.24. The van der Waals surface area contributed by atoms with Crippen molar-refractivity contribution in [3.63, 3.8) is 0 Å². The highest BCUT2D eigenvalue weighted by Crippen LogP contribution is 2.40. The lowest BCUT2D eigenvalue weighted by Gasteiger charge is -2.36. The minimum absolute atomic E-state index is 0.0169. The predicted molar refractivity (Wildman–Crippen MR) is 170 cm³/mol. The number of hydrogen-bond donors (Lipinski definition) is 3. The van der Waals surface area contributed by atoms with Gasteiger partial charge in [0.05, 0.1) is 23.3 Å².